The summed E-state index contributed by atoms with van der Waals surface area (Å²) in [7, 11) is 0. The highest BCUT2D eigenvalue weighted by Crippen LogP contribution is 2.50. The predicted octanol–water partition coefficient (Wildman–Crippen LogP) is 8.40. The van der Waals surface area contributed by atoms with Gasteiger partial charge in [0.1, 0.15) is 0 Å². The Hall–Kier alpha value is -4.56. The molecule has 34 heavy (non-hydrogen) atoms. The maximum Gasteiger partial charge on any atom is 0.0787 e. The molecule has 0 saturated carbocycles. The highest BCUT2D eigenvalue weighted by atomic mass is 14.7. The van der Waals surface area contributed by atoms with E-state index in [0.29, 0.717) is 0 Å². The highest BCUT2D eigenvalue weighted by molar-refractivity contribution is 6.28. The summed E-state index contributed by atoms with van der Waals surface area (Å²) in [6.45, 7) is 0. The average molecular weight is 431 g/mol. The van der Waals surface area contributed by atoms with Gasteiger partial charge in [0.25, 0.3) is 0 Å². The summed E-state index contributed by atoms with van der Waals surface area (Å²) in [5, 5.41) is 10.0. The van der Waals surface area contributed by atoms with Gasteiger partial charge in [0.2, 0.25) is 0 Å². The molecule has 0 saturated heterocycles. The second kappa shape index (κ2) is 6.49. The van der Waals surface area contributed by atoms with Gasteiger partial charge in [-0.25, -0.2) is 0 Å². The van der Waals surface area contributed by atoms with Crippen LogP contribution in [0.5, 0.6) is 0 Å². The lowest BCUT2D eigenvalue weighted by Crippen LogP contribution is -1.89. The molecule has 1 aliphatic rings. The molecular formula is C32H18N2. The van der Waals surface area contributed by atoms with Crippen molar-refractivity contribution in [1.29, 1.82) is 0 Å². The largest absolute Gasteiger partial charge is 0.263 e. The standard InChI is InChI=1S/C32H18N2/c1-2-8-20-19(7-1)17-33-18-30(20)27-15-28-24-12-5-11-23-25-13-6-14-34-32(25)29(31(23)24)16-26(28)21-9-3-4-10-22(21)27/h1-18H. The average Bonchev–Trinajstić information content (AvgIpc) is 3.23. The van der Waals surface area contributed by atoms with E-state index in [1.165, 1.54) is 65.5 Å². The van der Waals surface area contributed by atoms with Crippen molar-refractivity contribution in [2.24, 2.45) is 0 Å². The van der Waals surface area contributed by atoms with Gasteiger partial charge in [-0.15, -0.1) is 0 Å². The van der Waals surface area contributed by atoms with Gasteiger partial charge in [-0.3, -0.25) is 9.97 Å². The molecule has 0 aliphatic heterocycles. The molecule has 0 unspecified atom stereocenters. The van der Waals surface area contributed by atoms with E-state index in [4.69, 9.17) is 4.98 Å². The Balaban J connectivity index is 1.59. The lowest BCUT2D eigenvalue weighted by atomic mass is 9.88. The van der Waals surface area contributed by atoms with Gasteiger partial charge in [-0.1, -0.05) is 72.8 Å². The van der Waals surface area contributed by atoms with Crippen LogP contribution in [0.2, 0.25) is 0 Å². The lowest BCUT2D eigenvalue weighted by molar-refractivity contribution is 1.35. The van der Waals surface area contributed by atoms with Crippen LogP contribution in [-0.4, -0.2) is 9.97 Å². The van der Waals surface area contributed by atoms with Gasteiger partial charge >= 0.3 is 0 Å². The summed E-state index contributed by atoms with van der Waals surface area (Å²) in [4.78, 5) is 9.37. The monoisotopic (exact) mass is 430 g/mol. The fraction of sp³-hybridized carbons (Fsp3) is 0. The molecule has 0 amide bonds. The van der Waals surface area contributed by atoms with Crippen LogP contribution in [0.1, 0.15) is 0 Å². The van der Waals surface area contributed by atoms with Crippen molar-refractivity contribution in [3.8, 4) is 33.5 Å². The summed E-state index contributed by atoms with van der Waals surface area (Å²) in [6, 6.07) is 32.9. The minimum atomic E-state index is 1.09. The Morgan fingerprint density at radius 2 is 1.18 bits per heavy atom. The normalized spacial score (nSPS) is 12.1. The summed E-state index contributed by atoms with van der Waals surface area (Å²) < 4.78 is 0. The Morgan fingerprint density at radius 1 is 0.441 bits per heavy atom. The van der Waals surface area contributed by atoms with Crippen molar-refractivity contribution < 1.29 is 0 Å². The summed E-state index contributed by atoms with van der Waals surface area (Å²) in [5.74, 6) is 0. The molecule has 8 rings (SSSR count). The third kappa shape index (κ3) is 2.24. The Morgan fingerprint density at radius 3 is 2.12 bits per heavy atom. The van der Waals surface area contributed by atoms with Crippen molar-refractivity contribution in [3.05, 3.63) is 110 Å². The minimum absolute atomic E-state index is 1.09. The molecule has 2 aromatic heterocycles. The number of aromatic nitrogens is 2. The fourth-order valence-electron chi connectivity index (χ4n) is 5.86. The minimum Gasteiger partial charge on any atom is -0.263 e. The van der Waals surface area contributed by atoms with Crippen molar-refractivity contribution in [2.45, 2.75) is 0 Å². The van der Waals surface area contributed by atoms with Crippen LogP contribution in [0.4, 0.5) is 0 Å². The van der Waals surface area contributed by atoms with Gasteiger partial charge in [0.15, 0.2) is 0 Å². The molecular weight excluding hydrogens is 412 g/mol. The molecule has 0 spiro atoms. The smallest absolute Gasteiger partial charge is 0.0787 e. The third-order valence-corrected chi connectivity index (χ3v) is 7.31. The SMILES string of the molecule is c1cnc2c(c1)-c1cccc3c1c-2cc1c2ccccc2c(-c2cncc4ccccc24)cc31. The van der Waals surface area contributed by atoms with E-state index < -0.39 is 0 Å². The topological polar surface area (TPSA) is 25.8 Å². The van der Waals surface area contributed by atoms with E-state index >= 15 is 0 Å². The first-order chi connectivity index (χ1) is 16.9. The molecule has 2 heterocycles. The number of fused-ring (bicyclic) bond motifs is 8. The lowest BCUT2D eigenvalue weighted by Gasteiger charge is -2.15. The Labute approximate surface area is 196 Å². The second-order valence-corrected chi connectivity index (χ2v) is 9.02. The van der Waals surface area contributed by atoms with E-state index in [2.05, 4.69) is 89.9 Å². The van der Waals surface area contributed by atoms with Gasteiger partial charge in [-0.2, -0.15) is 0 Å². The fourth-order valence-corrected chi connectivity index (χ4v) is 5.86. The molecule has 1 aliphatic carbocycles. The Bertz CT molecular complexity index is 1960. The van der Waals surface area contributed by atoms with Crippen molar-refractivity contribution in [1.82, 2.24) is 9.97 Å². The Kier molecular flexibility index (Phi) is 3.42. The zero-order valence-corrected chi connectivity index (χ0v) is 18.3. The molecule has 0 radical (unpaired) electrons. The van der Waals surface area contributed by atoms with Crippen LogP contribution in [0.15, 0.2) is 110 Å². The molecule has 0 fully saturated rings. The zero-order chi connectivity index (χ0) is 22.2. The van der Waals surface area contributed by atoms with Crippen molar-refractivity contribution >= 4 is 43.1 Å². The summed E-state index contributed by atoms with van der Waals surface area (Å²) in [6.07, 6.45) is 5.86. The summed E-state index contributed by atoms with van der Waals surface area (Å²) >= 11 is 0. The number of pyridine rings is 2. The maximum atomic E-state index is 4.78. The van der Waals surface area contributed by atoms with Gasteiger partial charge < -0.3 is 0 Å². The van der Waals surface area contributed by atoms with Crippen LogP contribution in [0.3, 0.4) is 0 Å². The molecule has 2 heteroatoms. The van der Waals surface area contributed by atoms with E-state index in [9.17, 15) is 0 Å². The van der Waals surface area contributed by atoms with Crippen LogP contribution < -0.4 is 0 Å². The van der Waals surface area contributed by atoms with Crippen LogP contribution in [0, 0.1) is 0 Å². The van der Waals surface area contributed by atoms with E-state index in [-0.39, 0.29) is 0 Å². The number of benzene rings is 5. The first-order valence-electron chi connectivity index (χ1n) is 11.6. The predicted molar refractivity (Wildman–Crippen MR) is 142 cm³/mol. The summed E-state index contributed by atoms with van der Waals surface area (Å²) in [5.41, 5.74) is 7.21. The number of rotatable bonds is 1. The van der Waals surface area contributed by atoms with E-state index in [1.807, 2.05) is 24.7 Å². The number of nitrogens with zero attached hydrogens (tertiary/aromatic N) is 2. The first kappa shape index (κ1) is 17.9. The molecule has 0 atom stereocenters. The number of hydrogen-bond donors (Lipinski definition) is 0. The van der Waals surface area contributed by atoms with Crippen LogP contribution in [0.25, 0.3) is 76.6 Å². The van der Waals surface area contributed by atoms with E-state index in [0.717, 1.165) is 11.1 Å². The molecule has 5 aromatic carbocycles. The zero-order valence-electron chi connectivity index (χ0n) is 18.3. The second-order valence-electron chi connectivity index (χ2n) is 9.02. The maximum absolute atomic E-state index is 4.78. The molecule has 156 valence electrons. The molecule has 7 aromatic rings. The van der Waals surface area contributed by atoms with E-state index in [1.54, 1.807) is 0 Å². The van der Waals surface area contributed by atoms with Gasteiger partial charge in [0.05, 0.1) is 5.69 Å². The van der Waals surface area contributed by atoms with Crippen molar-refractivity contribution in [3.63, 3.8) is 0 Å². The molecule has 0 bridgehead atoms. The number of hydrogen-bond acceptors (Lipinski definition) is 2. The van der Waals surface area contributed by atoms with Crippen LogP contribution >= 0.6 is 0 Å². The first-order valence-corrected chi connectivity index (χ1v) is 11.6. The van der Waals surface area contributed by atoms with Crippen molar-refractivity contribution in [2.75, 3.05) is 0 Å². The van der Waals surface area contributed by atoms with Crippen LogP contribution in [-0.2, 0) is 0 Å². The highest BCUT2D eigenvalue weighted by Gasteiger charge is 2.24. The van der Waals surface area contributed by atoms with Gasteiger partial charge in [-0.05, 0) is 67.0 Å². The quantitative estimate of drug-likeness (QED) is 0.244. The molecule has 2 nitrogen and oxygen atoms in total. The third-order valence-electron chi connectivity index (χ3n) is 7.31. The molecule has 0 N–H and O–H groups in total. The van der Waals surface area contributed by atoms with Gasteiger partial charge in [0, 0.05) is 40.7 Å².